The molecule has 0 aromatic heterocycles. The molecule has 0 heterocycles. The Morgan fingerprint density at radius 3 is 2.67 bits per heavy atom. The fraction of sp³-hybridized carbons (Fsp3) is 0.833. The topological polar surface area (TPSA) is 84.2 Å². The molecule has 2 atom stereocenters. The van der Waals surface area contributed by atoms with Crippen LogP contribution in [0.25, 0.3) is 0 Å². The molecule has 0 saturated carbocycles. The van der Waals surface area contributed by atoms with E-state index >= 15 is 0 Å². The molecular formula is C6H15N3O2S. The van der Waals surface area contributed by atoms with Crippen molar-refractivity contribution in [3.05, 3.63) is 0 Å². The maximum Gasteiger partial charge on any atom is 0.329 e. The van der Waals surface area contributed by atoms with Crippen molar-refractivity contribution in [1.29, 1.82) is 0 Å². The van der Waals surface area contributed by atoms with E-state index in [0.29, 0.717) is 12.2 Å². The Bertz CT molecular complexity index is 174. The van der Waals surface area contributed by atoms with Crippen molar-refractivity contribution in [2.24, 2.45) is 5.84 Å². The molecule has 0 aliphatic rings. The SMILES string of the molecule is CC(CCS(C)=O)NC(=O)NN. The Morgan fingerprint density at radius 1 is 1.67 bits per heavy atom. The molecule has 4 N–H and O–H groups in total. The summed E-state index contributed by atoms with van der Waals surface area (Å²) < 4.78 is 10.7. The number of carbonyl (C=O) groups excluding carboxylic acids is 1. The van der Waals surface area contributed by atoms with Crippen LogP contribution < -0.4 is 16.6 Å². The number of urea groups is 1. The summed E-state index contributed by atoms with van der Waals surface area (Å²) >= 11 is 0. The van der Waals surface area contributed by atoms with Crippen LogP contribution in [0.1, 0.15) is 13.3 Å². The van der Waals surface area contributed by atoms with Crippen molar-refractivity contribution in [2.45, 2.75) is 19.4 Å². The summed E-state index contributed by atoms with van der Waals surface area (Å²) in [4.78, 5) is 10.6. The van der Waals surface area contributed by atoms with Gasteiger partial charge in [0.2, 0.25) is 0 Å². The molecule has 5 nitrogen and oxygen atoms in total. The summed E-state index contributed by atoms with van der Waals surface area (Å²) in [5, 5.41) is 2.58. The molecule has 6 heteroatoms. The third-order valence-corrected chi connectivity index (χ3v) is 2.16. The van der Waals surface area contributed by atoms with Gasteiger partial charge in [0.1, 0.15) is 0 Å². The molecular weight excluding hydrogens is 178 g/mol. The standard InChI is InChI=1S/C6H15N3O2S/c1-5(3-4-12(2)11)8-6(10)9-7/h5H,3-4,7H2,1-2H3,(H2,8,9,10). The summed E-state index contributed by atoms with van der Waals surface area (Å²) in [5.74, 6) is 5.44. The van der Waals surface area contributed by atoms with Crippen LogP contribution in [0, 0.1) is 0 Å². The Hall–Kier alpha value is -0.620. The van der Waals surface area contributed by atoms with E-state index in [4.69, 9.17) is 5.84 Å². The van der Waals surface area contributed by atoms with Gasteiger partial charge in [-0.15, -0.1) is 0 Å². The second-order valence-corrected chi connectivity index (χ2v) is 4.14. The number of carbonyl (C=O) groups is 1. The number of amides is 2. The summed E-state index contributed by atoms with van der Waals surface area (Å²) in [5.41, 5.74) is 1.96. The van der Waals surface area contributed by atoms with Gasteiger partial charge >= 0.3 is 6.03 Å². The third-order valence-electron chi connectivity index (χ3n) is 1.35. The van der Waals surface area contributed by atoms with Crippen LogP contribution in [-0.2, 0) is 10.8 Å². The number of nitrogens with one attached hydrogen (secondary N) is 2. The van der Waals surface area contributed by atoms with Gasteiger partial charge < -0.3 is 5.32 Å². The minimum Gasteiger partial charge on any atom is -0.335 e. The van der Waals surface area contributed by atoms with E-state index in [0.717, 1.165) is 0 Å². The molecule has 12 heavy (non-hydrogen) atoms. The maximum absolute atomic E-state index is 10.7. The Morgan fingerprint density at radius 2 is 2.25 bits per heavy atom. The average molecular weight is 193 g/mol. The molecule has 2 unspecified atom stereocenters. The van der Waals surface area contributed by atoms with Gasteiger partial charge in [-0.25, -0.2) is 10.6 Å². The van der Waals surface area contributed by atoms with Gasteiger partial charge in [-0.3, -0.25) is 9.63 Å². The predicted molar refractivity (Wildman–Crippen MR) is 48.9 cm³/mol. The molecule has 0 rings (SSSR count). The number of nitrogens with two attached hydrogens (primary N) is 1. The van der Waals surface area contributed by atoms with Gasteiger partial charge in [-0.05, 0) is 13.3 Å². The minimum atomic E-state index is -0.806. The van der Waals surface area contributed by atoms with E-state index in [1.165, 1.54) is 0 Å². The van der Waals surface area contributed by atoms with Crippen LogP contribution in [0.5, 0.6) is 0 Å². The monoisotopic (exact) mass is 193 g/mol. The van der Waals surface area contributed by atoms with E-state index in [1.807, 2.05) is 12.3 Å². The highest BCUT2D eigenvalue weighted by molar-refractivity contribution is 7.84. The zero-order valence-electron chi connectivity index (χ0n) is 7.29. The van der Waals surface area contributed by atoms with Crippen molar-refractivity contribution in [1.82, 2.24) is 10.7 Å². The van der Waals surface area contributed by atoms with Crippen molar-refractivity contribution >= 4 is 16.8 Å². The molecule has 2 amide bonds. The fourth-order valence-corrected chi connectivity index (χ4v) is 1.37. The Balaban J connectivity index is 3.52. The van der Waals surface area contributed by atoms with Crippen molar-refractivity contribution in [3.8, 4) is 0 Å². The van der Waals surface area contributed by atoms with Crippen molar-refractivity contribution < 1.29 is 9.00 Å². The fourth-order valence-electron chi connectivity index (χ4n) is 0.680. The highest BCUT2D eigenvalue weighted by Crippen LogP contribution is 1.91. The predicted octanol–water partition coefficient (Wildman–Crippen LogP) is -0.684. The van der Waals surface area contributed by atoms with Crippen molar-refractivity contribution in [3.63, 3.8) is 0 Å². The zero-order chi connectivity index (χ0) is 9.56. The summed E-state index contributed by atoms with van der Waals surface area (Å²) in [7, 11) is -0.806. The lowest BCUT2D eigenvalue weighted by molar-refractivity contribution is 0.238. The van der Waals surface area contributed by atoms with Crippen molar-refractivity contribution in [2.75, 3.05) is 12.0 Å². The highest BCUT2D eigenvalue weighted by Gasteiger charge is 2.05. The van der Waals surface area contributed by atoms with Gasteiger partial charge in [0.05, 0.1) is 0 Å². The first kappa shape index (κ1) is 11.4. The minimum absolute atomic E-state index is 0.00236. The number of rotatable bonds is 4. The molecule has 0 aliphatic heterocycles. The number of hydrogen-bond acceptors (Lipinski definition) is 3. The van der Waals surface area contributed by atoms with Gasteiger partial charge in [0, 0.05) is 28.9 Å². The first-order valence-electron chi connectivity index (χ1n) is 3.63. The largest absolute Gasteiger partial charge is 0.335 e. The molecule has 0 saturated heterocycles. The van der Waals surface area contributed by atoms with E-state index in [9.17, 15) is 9.00 Å². The van der Waals surface area contributed by atoms with Gasteiger partial charge in [-0.1, -0.05) is 0 Å². The first-order chi connectivity index (χ1) is 5.56. The summed E-state index contributed by atoms with van der Waals surface area (Å²) in [6, 6.07) is -0.415. The Kier molecular flexibility index (Phi) is 5.65. The quantitative estimate of drug-likeness (QED) is 0.314. The lowest BCUT2D eigenvalue weighted by Crippen LogP contribution is -2.44. The molecule has 72 valence electrons. The van der Waals surface area contributed by atoms with Gasteiger partial charge in [0.15, 0.2) is 0 Å². The van der Waals surface area contributed by atoms with Crippen LogP contribution in [0.4, 0.5) is 4.79 Å². The van der Waals surface area contributed by atoms with E-state index in [2.05, 4.69) is 5.32 Å². The lowest BCUT2D eigenvalue weighted by Gasteiger charge is -2.11. The molecule has 0 fully saturated rings. The first-order valence-corrected chi connectivity index (χ1v) is 5.36. The average Bonchev–Trinajstić information content (AvgIpc) is 2.00. The number of hydrogen-bond donors (Lipinski definition) is 3. The lowest BCUT2D eigenvalue weighted by atomic mass is 10.3. The van der Waals surface area contributed by atoms with E-state index in [-0.39, 0.29) is 6.04 Å². The molecule has 0 spiro atoms. The maximum atomic E-state index is 10.7. The molecule has 0 aliphatic carbocycles. The van der Waals surface area contributed by atoms with Crippen LogP contribution in [0.15, 0.2) is 0 Å². The Labute approximate surface area is 74.5 Å². The molecule has 0 aromatic carbocycles. The van der Waals surface area contributed by atoms with Crippen LogP contribution in [0.2, 0.25) is 0 Å². The van der Waals surface area contributed by atoms with Gasteiger partial charge in [0.25, 0.3) is 0 Å². The smallest absolute Gasteiger partial charge is 0.329 e. The van der Waals surface area contributed by atoms with E-state index in [1.54, 1.807) is 6.26 Å². The highest BCUT2D eigenvalue weighted by atomic mass is 32.2. The third kappa shape index (κ3) is 6.11. The second-order valence-electron chi connectivity index (χ2n) is 2.58. The van der Waals surface area contributed by atoms with Gasteiger partial charge in [-0.2, -0.15) is 0 Å². The second kappa shape index (κ2) is 5.96. The molecule has 0 bridgehead atoms. The number of hydrazine groups is 1. The van der Waals surface area contributed by atoms with Crippen LogP contribution in [0.3, 0.4) is 0 Å². The zero-order valence-corrected chi connectivity index (χ0v) is 8.11. The molecule has 0 aromatic rings. The summed E-state index contributed by atoms with van der Waals surface area (Å²) in [6.45, 7) is 1.84. The summed E-state index contributed by atoms with van der Waals surface area (Å²) in [6.07, 6.45) is 2.33. The molecule has 0 radical (unpaired) electrons. The van der Waals surface area contributed by atoms with Crippen LogP contribution >= 0.6 is 0 Å². The van der Waals surface area contributed by atoms with E-state index < -0.39 is 16.8 Å². The van der Waals surface area contributed by atoms with Crippen LogP contribution in [-0.4, -0.2) is 28.3 Å². The normalized spacial score (nSPS) is 14.9.